The standard InChI is InChI=1S/C17H15N3O2/c1-13(21)20(16-9-7-14(11-18)8-10-16)12-17(22)19-15-5-3-2-4-6-15/h2-10H,12H2,1H3,(H,19,22). The minimum absolute atomic E-state index is 0.0872. The van der Waals surface area contributed by atoms with E-state index in [1.165, 1.54) is 11.8 Å². The van der Waals surface area contributed by atoms with E-state index in [0.29, 0.717) is 16.9 Å². The Bertz CT molecular complexity index is 703. The first-order valence-corrected chi connectivity index (χ1v) is 6.73. The molecule has 0 saturated carbocycles. The van der Waals surface area contributed by atoms with E-state index >= 15 is 0 Å². The van der Waals surface area contributed by atoms with Crippen LogP contribution >= 0.6 is 0 Å². The Labute approximate surface area is 128 Å². The quantitative estimate of drug-likeness (QED) is 0.941. The van der Waals surface area contributed by atoms with Gasteiger partial charge in [0.2, 0.25) is 11.8 Å². The summed E-state index contributed by atoms with van der Waals surface area (Å²) in [6.45, 7) is 1.31. The molecule has 2 aromatic carbocycles. The van der Waals surface area contributed by atoms with Crippen molar-refractivity contribution in [3.8, 4) is 6.07 Å². The zero-order chi connectivity index (χ0) is 15.9. The zero-order valence-corrected chi connectivity index (χ0v) is 12.1. The van der Waals surface area contributed by atoms with Gasteiger partial charge in [0.25, 0.3) is 0 Å². The molecule has 0 aromatic heterocycles. The lowest BCUT2D eigenvalue weighted by atomic mass is 10.2. The van der Waals surface area contributed by atoms with Gasteiger partial charge >= 0.3 is 0 Å². The van der Waals surface area contributed by atoms with Gasteiger partial charge in [-0.2, -0.15) is 5.26 Å². The van der Waals surface area contributed by atoms with Crippen molar-refractivity contribution >= 4 is 23.2 Å². The van der Waals surface area contributed by atoms with Gasteiger partial charge in [-0.25, -0.2) is 0 Å². The maximum atomic E-state index is 12.1. The number of nitriles is 1. The molecular weight excluding hydrogens is 278 g/mol. The minimum atomic E-state index is -0.286. The smallest absolute Gasteiger partial charge is 0.244 e. The van der Waals surface area contributed by atoms with Gasteiger partial charge < -0.3 is 10.2 Å². The summed E-state index contributed by atoms with van der Waals surface area (Å²) in [7, 11) is 0. The van der Waals surface area contributed by atoms with Gasteiger partial charge in [0.1, 0.15) is 6.54 Å². The first kappa shape index (κ1) is 15.3. The normalized spacial score (nSPS) is 9.64. The third kappa shape index (κ3) is 3.93. The monoisotopic (exact) mass is 293 g/mol. The molecule has 5 nitrogen and oxygen atoms in total. The summed E-state index contributed by atoms with van der Waals surface area (Å²) >= 11 is 0. The van der Waals surface area contributed by atoms with E-state index in [1.807, 2.05) is 24.3 Å². The zero-order valence-electron chi connectivity index (χ0n) is 12.1. The second kappa shape index (κ2) is 7.04. The Morgan fingerprint density at radius 2 is 1.73 bits per heavy atom. The molecule has 0 heterocycles. The largest absolute Gasteiger partial charge is 0.325 e. The molecule has 0 spiro atoms. The van der Waals surface area contributed by atoms with Gasteiger partial charge in [-0.1, -0.05) is 18.2 Å². The van der Waals surface area contributed by atoms with Crippen LogP contribution < -0.4 is 10.2 Å². The van der Waals surface area contributed by atoms with Crippen molar-refractivity contribution in [2.75, 3.05) is 16.8 Å². The molecule has 1 N–H and O–H groups in total. The van der Waals surface area contributed by atoms with Crippen LogP contribution in [0, 0.1) is 11.3 Å². The Morgan fingerprint density at radius 3 is 2.27 bits per heavy atom. The Balaban J connectivity index is 2.10. The minimum Gasteiger partial charge on any atom is -0.325 e. The maximum Gasteiger partial charge on any atom is 0.244 e. The second-order valence-electron chi connectivity index (χ2n) is 4.68. The lowest BCUT2D eigenvalue weighted by molar-refractivity contribution is -0.120. The molecule has 0 saturated heterocycles. The fourth-order valence-corrected chi connectivity index (χ4v) is 1.97. The third-order valence-electron chi connectivity index (χ3n) is 3.05. The van der Waals surface area contributed by atoms with Crippen LogP contribution in [0.15, 0.2) is 54.6 Å². The number of carbonyl (C=O) groups excluding carboxylic acids is 2. The average Bonchev–Trinajstić information content (AvgIpc) is 2.53. The van der Waals surface area contributed by atoms with Crippen LogP contribution in [-0.2, 0) is 9.59 Å². The molecular formula is C17H15N3O2. The van der Waals surface area contributed by atoms with Gasteiger partial charge in [-0.15, -0.1) is 0 Å². The van der Waals surface area contributed by atoms with Crippen LogP contribution in [0.3, 0.4) is 0 Å². The van der Waals surface area contributed by atoms with Gasteiger partial charge in [0.15, 0.2) is 0 Å². The molecule has 0 aliphatic heterocycles. The molecule has 0 unspecified atom stereocenters. The van der Waals surface area contributed by atoms with Gasteiger partial charge in [-0.3, -0.25) is 9.59 Å². The van der Waals surface area contributed by atoms with Crippen LogP contribution in [0.25, 0.3) is 0 Å². The van der Waals surface area contributed by atoms with E-state index in [-0.39, 0.29) is 18.4 Å². The van der Waals surface area contributed by atoms with Crippen molar-refractivity contribution in [2.45, 2.75) is 6.92 Å². The van der Waals surface area contributed by atoms with Crippen LogP contribution in [0.5, 0.6) is 0 Å². The number of benzene rings is 2. The molecule has 5 heteroatoms. The van der Waals surface area contributed by atoms with Gasteiger partial charge in [0.05, 0.1) is 11.6 Å². The summed E-state index contributed by atoms with van der Waals surface area (Å²) < 4.78 is 0. The molecule has 0 fully saturated rings. The molecule has 0 aliphatic carbocycles. The highest BCUT2D eigenvalue weighted by atomic mass is 16.2. The fourth-order valence-electron chi connectivity index (χ4n) is 1.97. The van der Waals surface area contributed by atoms with E-state index in [4.69, 9.17) is 5.26 Å². The van der Waals surface area contributed by atoms with E-state index in [2.05, 4.69) is 5.32 Å². The molecule has 110 valence electrons. The van der Waals surface area contributed by atoms with Crippen LogP contribution in [-0.4, -0.2) is 18.4 Å². The first-order chi connectivity index (χ1) is 10.6. The predicted molar refractivity (Wildman–Crippen MR) is 84.3 cm³/mol. The number of rotatable bonds is 4. The Hall–Kier alpha value is -3.13. The number of nitrogens with zero attached hydrogens (tertiary/aromatic N) is 2. The number of amides is 2. The number of carbonyl (C=O) groups is 2. The summed E-state index contributed by atoms with van der Waals surface area (Å²) in [6.07, 6.45) is 0. The topological polar surface area (TPSA) is 73.2 Å². The first-order valence-electron chi connectivity index (χ1n) is 6.73. The average molecular weight is 293 g/mol. The van der Waals surface area contributed by atoms with Crippen LogP contribution in [0.2, 0.25) is 0 Å². The number of nitrogens with one attached hydrogen (secondary N) is 1. The summed E-state index contributed by atoms with van der Waals surface area (Å²) in [5.74, 6) is -0.529. The molecule has 2 amide bonds. The van der Waals surface area contributed by atoms with E-state index in [1.54, 1.807) is 36.4 Å². The number of hydrogen-bond acceptors (Lipinski definition) is 3. The van der Waals surface area contributed by atoms with Crippen molar-refractivity contribution < 1.29 is 9.59 Å². The highest BCUT2D eigenvalue weighted by molar-refractivity contribution is 6.01. The van der Waals surface area contributed by atoms with E-state index in [9.17, 15) is 9.59 Å². The fraction of sp³-hybridized carbons (Fsp3) is 0.118. The van der Waals surface area contributed by atoms with Crippen molar-refractivity contribution in [2.24, 2.45) is 0 Å². The summed E-state index contributed by atoms with van der Waals surface area (Å²) in [5, 5.41) is 11.5. The number of hydrogen-bond donors (Lipinski definition) is 1. The highest BCUT2D eigenvalue weighted by Crippen LogP contribution is 2.15. The van der Waals surface area contributed by atoms with E-state index in [0.717, 1.165) is 0 Å². The molecule has 2 aromatic rings. The molecule has 0 radical (unpaired) electrons. The Morgan fingerprint density at radius 1 is 1.09 bits per heavy atom. The summed E-state index contributed by atoms with van der Waals surface area (Å²) in [4.78, 5) is 25.2. The molecule has 22 heavy (non-hydrogen) atoms. The predicted octanol–water partition coefficient (Wildman–Crippen LogP) is 2.55. The van der Waals surface area contributed by atoms with Crippen molar-refractivity contribution in [3.63, 3.8) is 0 Å². The SMILES string of the molecule is CC(=O)N(CC(=O)Nc1ccccc1)c1ccc(C#N)cc1. The highest BCUT2D eigenvalue weighted by Gasteiger charge is 2.15. The summed E-state index contributed by atoms with van der Waals surface area (Å²) in [6, 6.07) is 17.6. The number of para-hydroxylation sites is 1. The molecule has 2 rings (SSSR count). The molecule has 0 aliphatic rings. The molecule has 0 atom stereocenters. The van der Waals surface area contributed by atoms with Gasteiger partial charge in [0, 0.05) is 18.3 Å². The van der Waals surface area contributed by atoms with Crippen LogP contribution in [0.1, 0.15) is 12.5 Å². The third-order valence-corrected chi connectivity index (χ3v) is 3.05. The van der Waals surface area contributed by atoms with E-state index < -0.39 is 0 Å². The van der Waals surface area contributed by atoms with Crippen molar-refractivity contribution in [1.82, 2.24) is 0 Å². The summed E-state index contributed by atoms with van der Waals surface area (Å²) in [5.41, 5.74) is 1.76. The lowest BCUT2D eigenvalue weighted by Gasteiger charge is -2.20. The second-order valence-corrected chi connectivity index (χ2v) is 4.68. The molecule has 0 bridgehead atoms. The number of anilines is 2. The maximum absolute atomic E-state index is 12.1. The lowest BCUT2D eigenvalue weighted by Crippen LogP contribution is -2.36. The van der Waals surface area contributed by atoms with Crippen molar-refractivity contribution in [1.29, 1.82) is 5.26 Å². The van der Waals surface area contributed by atoms with Crippen molar-refractivity contribution in [3.05, 3.63) is 60.2 Å². The Kier molecular flexibility index (Phi) is 4.89. The van der Waals surface area contributed by atoms with Gasteiger partial charge in [-0.05, 0) is 36.4 Å². The van der Waals surface area contributed by atoms with Crippen LogP contribution in [0.4, 0.5) is 11.4 Å².